The lowest BCUT2D eigenvalue weighted by Crippen LogP contribution is -2.37. The highest BCUT2D eigenvalue weighted by Gasteiger charge is 2.42. The van der Waals surface area contributed by atoms with Gasteiger partial charge in [0.05, 0.1) is 13.0 Å². The second-order valence-corrected chi connectivity index (χ2v) is 9.57. The number of carbonyl (C=O) groups is 2. The third-order valence-electron chi connectivity index (χ3n) is 6.50. The van der Waals surface area contributed by atoms with Gasteiger partial charge in [-0.15, -0.1) is 11.3 Å². The van der Waals surface area contributed by atoms with Crippen LogP contribution >= 0.6 is 11.3 Å². The van der Waals surface area contributed by atoms with Gasteiger partial charge in [0.1, 0.15) is 5.75 Å². The number of Topliss-reactive ketones (excluding diaryl/α,β-unsaturated/α-hetero) is 1. The summed E-state index contributed by atoms with van der Waals surface area (Å²) in [5, 5.41) is 8.50. The maximum atomic E-state index is 13.7. The van der Waals surface area contributed by atoms with Crippen molar-refractivity contribution < 1.29 is 14.3 Å². The molecular weight excluding hydrogens is 444 g/mol. The zero-order valence-electron chi connectivity index (χ0n) is 19.1. The Hall–Kier alpha value is -3.64. The van der Waals surface area contributed by atoms with Crippen molar-refractivity contribution in [1.82, 2.24) is 5.32 Å². The van der Waals surface area contributed by atoms with Crippen molar-refractivity contribution in [3.05, 3.63) is 105 Å². The van der Waals surface area contributed by atoms with Crippen molar-refractivity contribution in [2.75, 3.05) is 12.4 Å². The van der Waals surface area contributed by atoms with Crippen LogP contribution in [0, 0.1) is 0 Å². The quantitative estimate of drug-likeness (QED) is 0.498. The van der Waals surface area contributed by atoms with Crippen LogP contribution in [-0.4, -0.2) is 18.8 Å². The Morgan fingerprint density at radius 2 is 1.79 bits per heavy atom. The fraction of sp³-hybridized carbons (Fsp3) is 0.214. The number of anilines is 1. The number of carbonyl (C=O) groups excluding carboxylic acids is 2. The Labute approximate surface area is 203 Å². The fourth-order valence-electron chi connectivity index (χ4n) is 5.00. The molecule has 6 heteroatoms. The average molecular weight is 471 g/mol. The van der Waals surface area contributed by atoms with E-state index in [4.69, 9.17) is 4.74 Å². The molecule has 0 saturated carbocycles. The van der Waals surface area contributed by atoms with E-state index in [2.05, 4.69) is 16.7 Å². The number of allylic oxidation sites excluding steroid dienone is 3. The first-order valence-corrected chi connectivity index (χ1v) is 12.2. The van der Waals surface area contributed by atoms with Gasteiger partial charge in [-0.05, 0) is 43.0 Å². The van der Waals surface area contributed by atoms with E-state index in [1.54, 1.807) is 18.4 Å². The summed E-state index contributed by atoms with van der Waals surface area (Å²) in [5.41, 5.74) is 4.39. The molecule has 5 nitrogen and oxygen atoms in total. The lowest BCUT2D eigenvalue weighted by molar-refractivity contribution is -0.116. The van der Waals surface area contributed by atoms with Crippen LogP contribution in [0.2, 0.25) is 0 Å². The maximum Gasteiger partial charge on any atom is 0.254 e. The number of nitrogens with one attached hydrogen (secondary N) is 2. The molecule has 2 heterocycles. The molecule has 1 aliphatic carbocycles. The predicted octanol–water partition coefficient (Wildman–Crippen LogP) is 5.76. The van der Waals surface area contributed by atoms with E-state index < -0.39 is 5.92 Å². The van der Waals surface area contributed by atoms with Gasteiger partial charge in [-0.2, -0.15) is 0 Å². The number of benzene rings is 2. The molecule has 34 heavy (non-hydrogen) atoms. The van der Waals surface area contributed by atoms with Crippen LogP contribution in [0.4, 0.5) is 5.69 Å². The Morgan fingerprint density at radius 1 is 1.03 bits per heavy atom. The van der Waals surface area contributed by atoms with Gasteiger partial charge < -0.3 is 15.4 Å². The molecule has 1 amide bonds. The smallest absolute Gasteiger partial charge is 0.254 e. The van der Waals surface area contributed by atoms with Gasteiger partial charge >= 0.3 is 0 Å². The highest BCUT2D eigenvalue weighted by molar-refractivity contribution is 7.10. The lowest BCUT2D eigenvalue weighted by Gasteiger charge is -2.37. The summed E-state index contributed by atoms with van der Waals surface area (Å²) in [6, 6.07) is 21.1. The number of ether oxygens (including phenoxy) is 1. The van der Waals surface area contributed by atoms with Crippen molar-refractivity contribution in [1.29, 1.82) is 0 Å². The van der Waals surface area contributed by atoms with Gasteiger partial charge in [-0.3, -0.25) is 9.59 Å². The van der Waals surface area contributed by atoms with Crippen LogP contribution in [0.5, 0.6) is 5.75 Å². The number of ketones is 1. The fourth-order valence-corrected chi connectivity index (χ4v) is 5.83. The Kier molecular flexibility index (Phi) is 6.07. The minimum Gasteiger partial charge on any atom is -0.496 e. The first-order chi connectivity index (χ1) is 16.6. The molecule has 0 fully saturated rings. The van der Waals surface area contributed by atoms with Gasteiger partial charge in [-0.25, -0.2) is 0 Å². The van der Waals surface area contributed by atoms with Crippen LogP contribution in [0.1, 0.15) is 42.0 Å². The molecule has 0 spiro atoms. The lowest BCUT2D eigenvalue weighted by atomic mass is 9.72. The number of para-hydroxylation sites is 2. The van der Waals surface area contributed by atoms with Gasteiger partial charge in [0, 0.05) is 51.0 Å². The second kappa shape index (κ2) is 9.31. The number of thiophene rings is 1. The topological polar surface area (TPSA) is 67.4 Å². The van der Waals surface area contributed by atoms with E-state index in [1.165, 1.54) is 4.88 Å². The summed E-state index contributed by atoms with van der Waals surface area (Å²) in [6.07, 6.45) is 1.16. The molecule has 0 radical (unpaired) electrons. The number of rotatable bonds is 5. The van der Waals surface area contributed by atoms with Crippen LogP contribution in [0.15, 0.2) is 94.7 Å². The minimum absolute atomic E-state index is 0.0700. The van der Waals surface area contributed by atoms with Crippen LogP contribution in [-0.2, 0) is 9.59 Å². The maximum absolute atomic E-state index is 13.7. The number of amides is 1. The molecular formula is C28H26N2O3S. The molecule has 172 valence electrons. The Balaban J connectivity index is 1.60. The second-order valence-electron chi connectivity index (χ2n) is 8.59. The molecule has 2 aliphatic rings. The number of hydrogen-bond acceptors (Lipinski definition) is 5. The normalized spacial score (nSPS) is 20.0. The Morgan fingerprint density at radius 3 is 2.53 bits per heavy atom. The standard InChI is InChI=1S/C28H26N2O3S/c1-17-25(28(32)30-19-9-4-3-5-10-19)26(20-11-6-7-12-23(20)33-2)27-21(29-17)15-18(16-22(27)31)24-13-8-14-34-24/h3-14,18,26,29H,15-16H2,1-2H3,(H,30,32). The molecule has 1 aromatic heterocycles. The van der Waals surface area contributed by atoms with Gasteiger partial charge in [0.2, 0.25) is 0 Å². The van der Waals surface area contributed by atoms with Crippen LogP contribution in [0.3, 0.4) is 0 Å². The van der Waals surface area contributed by atoms with Crippen molar-refractivity contribution >= 4 is 28.7 Å². The van der Waals surface area contributed by atoms with E-state index in [1.807, 2.05) is 73.0 Å². The summed E-state index contributed by atoms with van der Waals surface area (Å²) in [4.78, 5) is 28.5. The summed E-state index contributed by atoms with van der Waals surface area (Å²) in [6.45, 7) is 1.91. The van der Waals surface area contributed by atoms with Crippen LogP contribution in [0.25, 0.3) is 0 Å². The molecule has 2 atom stereocenters. The van der Waals surface area contributed by atoms with Crippen molar-refractivity contribution in [2.24, 2.45) is 0 Å². The van der Waals surface area contributed by atoms with Gasteiger partial charge in [0.25, 0.3) is 5.91 Å². The molecule has 3 aromatic rings. The number of dihydropyridines is 1. The van der Waals surface area contributed by atoms with Crippen molar-refractivity contribution in [3.8, 4) is 5.75 Å². The largest absolute Gasteiger partial charge is 0.496 e. The number of methoxy groups -OCH3 is 1. The number of hydrogen-bond donors (Lipinski definition) is 2. The Bertz CT molecular complexity index is 1290. The van der Waals surface area contributed by atoms with Crippen molar-refractivity contribution in [3.63, 3.8) is 0 Å². The van der Waals surface area contributed by atoms with E-state index in [0.717, 1.165) is 23.4 Å². The van der Waals surface area contributed by atoms with E-state index >= 15 is 0 Å². The van der Waals surface area contributed by atoms with Gasteiger partial charge in [-0.1, -0.05) is 42.5 Å². The third kappa shape index (κ3) is 4.05. The molecule has 1 aliphatic heterocycles. The van der Waals surface area contributed by atoms with Gasteiger partial charge in [0.15, 0.2) is 5.78 Å². The zero-order valence-corrected chi connectivity index (χ0v) is 19.9. The summed E-state index contributed by atoms with van der Waals surface area (Å²) in [5.74, 6) is 0.136. The molecule has 2 aromatic carbocycles. The monoisotopic (exact) mass is 470 g/mol. The zero-order chi connectivity index (χ0) is 23.7. The van der Waals surface area contributed by atoms with E-state index in [9.17, 15) is 9.59 Å². The summed E-state index contributed by atoms with van der Waals surface area (Å²) < 4.78 is 5.67. The average Bonchev–Trinajstić information content (AvgIpc) is 3.39. The van der Waals surface area contributed by atoms with E-state index in [0.29, 0.717) is 29.0 Å². The van der Waals surface area contributed by atoms with E-state index in [-0.39, 0.29) is 17.6 Å². The third-order valence-corrected chi connectivity index (χ3v) is 7.53. The molecule has 2 N–H and O–H groups in total. The van der Waals surface area contributed by atoms with Crippen LogP contribution < -0.4 is 15.4 Å². The highest BCUT2D eigenvalue weighted by atomic mass is 32.1. The minimum atomic E-state index is -0.507. The molecule has 0 bridgehead atoms. The highest BCUT2D eigenvalue weighted by Crippen LogP contribution is 2.48. The summed E-state index contributed by atoms with van der Waals surface area (Å²) >= 11 is 1.68. The SMILES string of the molecule is COc1ccccc1C1C(C(=O)Nc2ccccc2)=C(C)NC2=C1C(=O)CC(c1cccs1)C2. The summed E-state index contributed by atoms with van der Waals surface area (Å²) in [7, 11) is 1.62. The first-order valence-electron chi connectivity index (χ1n) is 11.3. The first kappa shape index (κ1) is 22.2. The predicted molar refractivity (Wildman–Crippen MR) is 135 cm³/mol. The molecule has 2 unspecified atom stereocenters. The molecule has 5 rings (SSSR count). The van der Waals surface area contributed by atoms with Crippen molar-refractivity contribution in [2.45, 2.75) is 31.6 Å². The molecule has 0 saturated heterocycles.